The van der Waals surface area contributed by atoms with Gasteiger partial charge in [0.05, 0.1) is 17.0 Å². The Morgan fingerprint density at radius 1 is 1.18 bits per heavy atom. The van der Waals surface area contributed by atoms with Gasteiger partial charge in [-0.05, 0) is 36.4 Å². The Kier molecular flexibility index (Phi) is 8.10. The van der Waals surface area contributed by atoms with Gasteiger partial charge < -0.3 is 10.1 Å². The number of carbonyl (C=O) groups is 1. The van der Waals surface area contributed by atoms with Crippen LogP contribution in [0, 0.1) is 0 Å². The van der Waals surface area contributed by atoms with Crippen molar-refractivity contribution >= 4 is 27.7 Å². The molecule has 28 heavy (non-hydrogen) atoms. The summed E-state index contributed by atoms with van der Waals surface area (Å²) in [6.45, 7) is 4.30. The fourth-order valence-corrected chi connectivity index (χ4v) is 3.97. The van der Waals surface area contributed by atoms with Crippen molar-refractivity contribution in [2.24, 2.45) is 0 Å². The summed E-state index contributed by atoms with van der Waals surface area (Å²) in [6.07, 6.45) is 1.79. The van der Waals surface area contributed by atoms with Gasteiger partial charge in [-0.2, -0.15) is 0 Å². The van der Waals surface area contributed by atoms with Crippen molar-refractivity contribution in [3.63, 3.8) is 0 Å². The standard InChI is InChI=1S/C20H24N2O4S2/c1-4-15-27-19-8-6-5-7-18(19)20(23)21-13-14-26-16-9-11-17(12-10-16)28(24,25)22(2)3/h4-12H,1,13-15H2,2-3H3,(H,21,23). The van der Waals surface area contributed by atoms with Gasteiger partial charge in [-0.3, -0.25) is 4.79 Å². The van der Waals surface area contributed by atoms with Crippen LogP contribution >= 0.6 is 11.8 Å². The summed E-state index contributed by atoms with van der Waals surface area (Å²) in [5.41, 5.74) is 0.618. The average Bonchev–Trinajstić information content (AvgIpc) is 2.70. The summed E-state index contributed by atoms with van der Waals surface area (Å²) in [5.74, 6) is 1.10. The summed E-state index contributed by atoms with van der Waals surface area (Å²) < 4.78 is 30.8. The van der Waals surface area contributed by atoms with Crippen molar-refractivity contribution in [2.75, 3.05) is 33.0 Å². The molecule has 2 rings (SSSR count). The second-order valence-corrected chi connectivity index (χ2v) is 9.17. The van der Waals surface area contributed by atoms with E-state index < -0.39 is 10.0 Å². The molecule has 0 aliphatic rings. The second-order valence-electron chi connectivity index (χ2n) is 5.96. The number of hydrogen-bond acceptors (Lipinski definition) is 5. The quantitative estimate of drug-likeness (QED) is 0.363. The van der Waals surface area contributed by atoms with Gasteiger partial charge in [0.15, 0.2) is 0 Å². The van der Waals surface area contributed by atoms with Crippen molar-refractivity contribution in [3.05, 3.63) is 66.7 Å². The highest BCUT2D eigenvalue weighted by molar-refractivity contribution is 7.99. The summed E-state index contributed by atoms with van der Waals surface area (Å²) >= 11 is 1.55. The first kappa shape index (κ1) is 22.0. The first-order valence-corrected chi connectivity index (χ1v) is 11.0. The predicted octanol–water partition coefficient (Wildman–Crippen LogP) is 3.02. The molecule has 150 valence electrons. The molecule has 0 bridgehead atoms. The minimum atomic E-state index is -3.46. The highest BCUT2D eigenvalue weighted by Crippen LogP contribution is 2.22. The fourth-order valence-electron chi connectivity index (χ4n) is 2.28. The van der Waals surface area contributed by atoms with Gasteiger partial charge in [0.1, 0.15) is 12.4 Å². The Labute approximate surface area is 170 Å². The smallest absolute Gasteiger partial charge is 0.252 e. The normalized spacial score (nSPS) is 11.2. The number of benzene rings is 2. The molecule has 0 atom stereocenters. The zero-order valence-electron chi connectivity index (χ0n) is 15.9. The van der Waals surface area contributed by atoms with E-state index in [0.29, 0.717) is 17.9 Å². The van der Waals surface area contributed by atoms with Crippen LogP contribution in [0.4, 0.5) is 0 Å². The van der Waals surface area contributed by atoms with E-state index in [9.17, 15) is 13.2 Å². The zero-order valence-corrected chi connectivity index (χ0v) is 17.6. The molecule has 0 aliphatic heterocycles. The first-order chi connectivity index (χ1) is 13.4. The Bertz CT molecular complexity index is 910. The number of carbonyl (C=O) groups excluding carboxylic acids is 1. The third kappa shape index (κ3) is 5.85. The molecule has 0 aliphatic carbocycles. The molecule has 2 aromatic carbocycles. The Morgan fingerprint density at radius 3 is 2.50 bits per heavy atom. The number of thioether (sulfide) groups is 1. The lowest BCUT2D eigenvalue weighted by molar-refractivity contribution is 0.0944. The number of nitrogens with zero attached hydrogens (tertiary/aromatic N) is 1. The molecule has 0 aromatic heterocycles. The van der Waals surface area contributed by atoms with Gasteiger partial charge in [-0.25, -0.2) is 12.7 Å². The van der Waals surface area contributed by atoms with Gasteiger partial charge in [0.25, 0.3) is 5.91 Å². The van der Waals surface area contributed by atoms with Crippen molar-refractivity contribution in [3.8, 4) is 5.75 Å². The van der Waals surface area contributed by atoms with E-state index in [1.807, 2.05) is 18.2 Å². The van der Waals surface area contributed by atoms with Crippen LogP contribution in [0.15, 0.2) is 71.0 Å². The van der Waals surface area contributed by atoms with Gasteiger partial charge in [0.2, 0.25) is 10.0 Å². The van der Waals surface area contributed by atoms with Crippen molar-refractivity contribution in [1.82, 2.24) is 9.62 Å². The molecule has 0 heterocycles. The van der Waals surface area contributed by atoms with Crippen LogP contribution in [-0.4, -0.2) is 51.6 Å². The number of ether oxygens (including phenoxy) is 1. The van der Waals surface area contributed by atoms with Crippen molar-refractivity contribution in [2.45, 2.75) is 9.79 Å². The topological polar surface area (TPSA) is 75.7 Å². The molecule has 0 saturated carbocycles. The molecule has 0 spiro atoms. The first-order valence-electron chi connectivity index (χ1n) is 8.62. The molecule has 6 nitrogen and oxygen atoms in total. The zero-order chi connectivity index (χ0) is 20.6. The monoisotopic (exact) mass is 420 g/mol. The van der Waals surface area contributed by atoms with Crippen LogP contribution in [0.5, 0.6) is 5.75 Å². The van der Waals surface area contributed by atoms with E-state index in [1.54, 1.807) is 36.0 Å². The van der Waals surface area contributed by atoms with Gasteiger partial charge in [-0.1, -0.05) is 18.2 Å². The minimum absolute atomic E-state index is 0.164. The van der Waals surface area contributed by atoms with E-state index in [1.165, 1.54) is 26.2 Å². The van der Waals surface area contributed by atoms with Crippen LogP contribution in [0.3, 0.4) is 0 Å². The lowest BCUT2D eigenvalue weighted by Crippen LogP contribution is -2.28. The maximum absolute atomic E-state index is 12.4. The minimum Gasteiger partial charge on any atom is -0.492 e. The fraction of sp³-hybridized carbons (Fsp3) is 0.250. The average molecular weight is 421 g/mol. The SMILES string of the molecule is C=CCSc1ccccc1C(=O)NCCOc1ccc(S(=O)(=O)N(C)C)cc1. The predicted molar refractivity (Wildman–Crippen MR) is 113 cm³/mol. The number of hydrogen-bond donors (Lipinski definition) is 1. The van der Waals surface area contributed by atoms with E-state index in [0.717, 1.165) is 15.0 Å². The van der Waals surface area contributed by atoms with Crippen LogP contribution in [0.25, 0.3) is 0 Å². The second kappa shape index (κ2) is 10.3. The molecule has 1 N–H and O–H groups in total. The van der Waals surface area contributed by atoms with E-state index in [4.69, 9.17) is 4.74 Å². The van der Waals surface area contributed by atoms with Crippen LogP contribution < -0.4 is 10.1 Å². The van der Waals surface area contributed by atoms with E-state index in [2.05, 4.69) is 11.9 Å². The maximum Gasteiger partial charge on any atom is 0.252 e. The van der Waals surface area contributed by atoms with Gasteiger partial charge in [0, 0.05) is 24.7 Å². The lowest BCUT2D eigenvalue weighted by atomic mass is 10.2. The third-order valence-corrected chi connectivity index (χ3v) is 6.65. The molecule has 0 unspecified atom stereocenters. The lowest BCUT2D eigenvalue weighted by Gasteiger charge is -2.12. The molecular formula is C20H24N2O4S2. The molecule has 8 heteroatoms. The number of rotatable bonds is 10. The number of amides is 1. The summed E-state index contributed by atoms with van der Waals surface area (Å²) in [5, 5.41) is 2.83. The molecular weight excluding hydrogens is 396 g/mol. The summed E-state index contributed by atoms with van der Waals surface area (Å²) in [7, 11) is -0.494. The third-order valence-electron chi connectivity index (χ3n) is 3.75. The van der Waals surface area contributed by atoms with Crippen LogP contribution in [0.1, 0.15) is 10.4 Å². The Balaban J connectivity index is 1.86. The molecule has 0 saturated heterocycles. The Hall–Kier alpha value is -2.29. The van der Waals surface area contributed by atoms with Crippen molar-refractivity contribution < 1.29 is 17.9 Å². The number of nitrogens with one attached hydrogen (secondary N) is 1. The summed E-state index contributed by atoms with van der Waals surface area (Å²) in [6, 6.07) is 13.6. The number of sulfonamides is 1. The molecule has 0 fully saturated rings. The highest BCUT2D eigenvalue weighted by atomic mass is 32.2. The Morgan fingerprint density at radius 2 is 1.86 bits per heavy atom. The van der Waals surface area contributed by atoms with E-state index >= 15 is 0 Å². The summed E-state index contributed by atoms with van der Waals surface area (Å²) in [4.78, 5) is 13.5. The van der Waals surface area contributed by atoms with Crippen LogP contribution in [-0.2, 0) is 10.0 Å². The molecule has 1 amide bonds. The molecule has 0 radical (unpaired) electrons. The van der Waals surface area contributed by atoms with E-state index in [-0.39, 0.29) is 17.4 Å². The highest BCUT2D eigenvalue weighted by Gasteiger charge is 2.16. The largest absolute Gasteiger partial charge is 0.492 e. The molecule has 2 aromatic rings. The maximum atomic E-state index is 12.4. The van der Waals surface area contributed by atoms with Crippen LogP contribution in [0.2, 0.25) is 0 Å². The van der Waals surface area contributed by atoms with Gasteiger partial charge in [-0.15, -0.1) is 18.3 Å². The van der Waals surface area contributed by atoms with Crippen molar-refractivity contribution in [1.29, 1.82) is 0 Å². The van der Waals surface area contributed by atoms with Gasteiger partial charge >= 0.3 is 0 Å².